The molecule has 0 aliphatic carbocycles. The van der Waals surface area contributed by atoms with Crippen LogP contribution < -0.4 is 11.0 Å². The Labute approximate surface area is 154 Å². The SMILES string of the molecule is Cc1cc(C)cc(C(=O)Nc2nc(=O)n([C@@H]3O[C@H](C)C(O)C3O)cc2F)c1. The van der Waals surface area contributed by atoms with Gasteiger partial charge in [-0.2, -0.15) is 4.98 Å². The Hall–Kier alpha value is -2.62. The van der Waals surface area contributed by atoms with E-state index in [-0.39, 0.29) is 0 Å². The number of carbonyl (C=O) groups is 1. The second kappa shape index (κ2) is 7.18. The van der Waals surface area contributed by atoms with Gasteiger partial charge in [-0.15, -0.1) is 0 Å². The van der Waals surface area contributed by atoms with E-state index in [0.29, 0.717) is 5.56 Å². The molecule has 9 heteroatoms. The molecular weight excluding hydrogens is 357 g/mol. The average molecular weight is 377 g/mol. The Morgan fingerprint density at radius 2 is 1.85 bits per heavy atom. The van der Waals surface area contributed by atoms with E-state index in [9.17, 15) is 24.2 Å². The summed E-state index contributed by atoms with van der Waals surface area (Å²) in [6.45, 7) is 5.17. The number of rotatable bonds is 3. The first-order valence-corrected chi connectivity index (χ1v) is 8.37. The molecule has 0 saturated carbocycles. The Morgan fingerprint density at radius 1 is 1.22 bits per heavy atom. The van der Waals surface area contributed by atoms with Crippen LogP contribution in [0.5, 0.6) is 0 Å². The average Bonchev–Trinajstić information content (AvgIpc) is 2.84. The van der Waals surface area contributed by atoms with Gasteiger partial charge >= 0.3 is 5.69 Å². The minimum absolute atomic E-state index is 0.310. The first kappa shape index (κ1) is 19.2. The molecule has 2 aromatic rings. The first-order chi connectivity index (χ1) is 12.7. The molecule has 0 spiro atoms. The van der Waals surface area contributed by atoms with Gasteiger partial charge in [0.25, 0.3) is 5.91 Å². The van der Waals surface area contributed by atoms with E-state index in [1.54, 1.807) is 12.1 Å². The minimum Gasteiger partial charge on any atom is -0.388 e. The molecule has 1 aliphatic heterocycles. The number of nitrogens with one attached hydrogen (secondary N) is 1. The van der Waals surface area contributed by atoms with Crippen LogP contribution in [-0.4, -0.2) is 44.0 Å². The maximum absolute atomic E-state index is 14.4. The molecule has 3 N–H and O–H groups in total. The molecule has 1 fully saturated rings. The molecule has 2 heterocycles. The van der Waals surface area contributed by atoms with Crippen molar-refractivity contribution in [1.29, 1.82) is 0 Å². The highest BCUT2D eigenvalue weighted by molar-refractivity contribution is 6.04. The van der Waals surface area contributed by atoms with Crippen LogP contribution in [0.25, 0.3) is 0 Å². The van der Waals surface area contributed by atoms with Crippen molar-refractivity contribution in [2.45, 2.75) is 45.3 Å². The van der Waals surface area contributed by atoms with Crippen molar-refractivity contribution in [2.24, 2.45) is 0 Å². The largest absolute Gasteiger partial charge is 0.388 e. The summed E-state index contributed by atoms with van der Waals surface area (Å²) in [4.78, 5) is 28.1. The Balaban J connectivity index is 1.87. The van der Waals surface area contributed by atoms with Gasteiger partial charge in [0.2, 0.25) is 0 Å². The highest BCUT2D eigenvalue weighted by Gasteiger charge is 2.42. The number of benzene rings is 1. The summed E-state index contributed by atoms with van der Waals surface area (Å²) in [6, 6.07) is 5.15. The van der Waals surface area contributed by atoms with Gasteiger partial charge in [0, 0.05) is 5.56 Å². The first-order valence-electron chi connectivity index (χ1n) is 8.37. The lowest BCUT2D eigenvalue weighted by Crippen LogP contribution is -2.36. The monoisotopic (exact) mass is 377 g/mol. The zero-order valence-electron chi connectivity index (χ0n) is 15.0. The van der Waals surface area contributed by atoms with Crippen LogP contribution in [0.1, 0.15) is 34.6 Å². The lowest BCUT2D eigenvalue weighted by molar-refractivity contribution is -0.0355. The molecule has 0 bridgehead atoms. The summed E-state index contributed by atoms with van der Waals surface area (Å²) in [7, 11) is 0. The second-order valence-corrected chi connectivity index (χ2v) is 6.67. The number of aliphatic hydroxyl groups is 2. The van der Waals surface area contributed by atoms with E-state index in [1.807, 2.05) is 19.9 Å². The topological polar surface area (TPSA) is 114 Å². The van der Waals surface area contributed by atoms with Crippen LogP contribution in [0, 0.1) is 19.7 Å². The summed E-state index contributed by atoms with van der Waals surface area (Å²) >= 11 is 0. The van der Waals surface area contributed by atoms with E-state index < -0.39 is 47.8 Å². The summed E-state index contributed by atoms with van der Waals surface area (Å²) in [5.74, 6) is -2.11. The lowest BCUT2D eigenvalue weighted by Gasteiger charge is -2.17. The number of aromatic nitrogens is 2. The smallest absolute Gasteiger partial charge is 0.351 e. The fourth-order valence-electron chi connectivity index (χ4n) is 3.06. The van der Waals surface area contributed by atoms with Crippen LogP contribution in [0.3, 0.4) is 0 Å². The maximum Gasteiger partial charge on any atom is 0.351 e. The second-order valence-electron chi connectivity index (χ2n) is 6.67. The van der Waals surface area contributed by atoms with Crippen LogP contribution in [0.2, 0.25) is 0 Å². The normalized spacial score (nSPS) is 24.8. The quantitative estimate of drug-likeness (QED) is 0.732. The predicted octanol–water partition coefficient (Wildman–Crippen LogP) is 0.891. The summed E-state index contributed by atoms with van der Waals surface area (Å²) < 4.78 is 20.4. The third-order valence-electron chi connectivity index (χ3n) is 4.37. The van der Waals surface area contributed by atoms with Crippen molar-refractivity contribution >= 4 is 11.7 Å². The van der Waals surface area contributed by atoms with E-state index >= 15 is 0 Å². The van der Waals surface area contributed by atoms with Crippen LogP contribution in [0.4, 0.5) is 10.2 Å². The van der Waals surface area contributed by atoms with Crippen LogP contribution in [-0.2, 0) is 4.74 Å². The molecule has 27 heavy (non-hydrogen) atoms. The molecule has 1 aliphatic rings. The van der Waals surface area contributed by atoms with Crippen molar-refractivity contribution in [1.82, 2.24) is 9.55 Å². The Kier molecular flexibility index (Phi) is 5.09. The number of ether oxygens (including phenoxy) is 1. The number of aliphatic hydroxyl groups excluding tert-OH is 2. The van der Waals surface area contributed by atoms with Crippen LogP contribution in [0.15, 0.2) is 29.2 Å². The number of amides is 1. The summed E-state index contributed by atoms with van der Waals surface area (Å²) in [5.41, 5.74) is 1.11. The Morgan fingerprint density at radius 3 is 2.41 bits per heavy atom. The van der Waals surface area contributed by atoms with Gasteiger partial charge in [0.1, 0.15) is 12.2 Å². The van der Waals surface area contributed by atoms with Crippen molar-refractivity contribution in [3.05, 3.63) is 57.4 Å². The molecule has 0 radical (unpaired) electrons. The molecule has 1 aromatic carbocycles. The van der Waals surface area contributed by atoms with Gasteiger partial charge < -0.3 is 20.3 Å². The number of hydrogen-bond acceptors (Lipinski definition) is 6. The number of halogens is 1. The Bertz CT molecular complexity index is 925. The number of hydrogen-bond donors (Lipinski definition) is 3. The standard InChI is InChI=1S/C18H20FN3O5/c1-8-4-9(2)6-11(5-8)16(25)20-15-12(19)7-22(18(26)21-15)17-14(24)13(23)10(3)27-17/h4-7,10,13-14,17,23-24H,1-3H3,(H,20,21,25,26)/t10-,13?,14?,17-/m1/s1. The number of nitrogens with zero attached hydrogens (tertiary/aromatic N) is 2. The van der Waals surface area contributed by atoms with Gasteiger partial charge in [-0.05, 0) is 32.9 Å². The van der Waals surface area contributed by atoms with Crippen molar-refractivity contribution < 1.29 is 24.1 Å². The summed E-state index contributed by atoms with van der Waals surface area (Å²) in [5, 5.41) is 22.0. The van der Waals surface area contributed by atoms with E-state index in [2.05, 4.69) is 10.3 Å². The zero-order chi connectivity index (χ0) is 19.9. The molecular formula is C18H20FN3O5. The highest BCUT2D eigenvalue weighted by atomic mass is 19.1. The van der Waals surface area contributed by atoms with E-state index in [1.165, 1.54) is 6.92 Å². The summed E-state index contributed by atoms with van der Waals surface area (Å²) in [6.07, 6.45) is -3.84. The molecule has 2 unspecified atom stereocenters. The molecule has 1 saturated heterocycles. The van der Waals surface area contributed by atoms with Gasteiger partial charge in [-0.25, -0.2) is 9.18 Å². The maximum atomic E-state index is 14.4. The van der Waals surface area contributed by atoms with Crippen molar-refractivity contribution in [3.8, 4) is 0 Å². The van der Waals surface area contributed by atoms with Crippen LogP contribution >= 0.6 is 0 Å². The third-order valence-corrected chi connectivity index (χ3v) is 4.37. The molecule has 8 nitrogen and oxygen atoms in total. The van der Waals surface area contributed by atoms with Gasteiger partial charge in [0.15, 0.2) is 17.9 Å². The predicted molar refractivity (Wildman–Crippen MR) is 93.9 cm³/mol. The number of carbonyl (C=O) groups excluding carboxylic acids is 1. The molecule has 3 rings (SSSR count). The lowest BCUT2D eigenvalue weighted by atomic mass is 10.1. The molecule has 1 amide bonds. The van der Waals surface area contributed by atoms with Gasteiger partial charge in [-0.3, -0.25) is 9.36 Å². The zero-order valence-corrected chi connectivity index (χ0v) is 15.0. The van der Waals surface area contributed by atoms with Gasteiger partial charge in [-0.1, -0.05) is 17.2 Å². The van der Waals surface area contributed by atoms with E-state index in [4.69, 9.17) is 4.74 Å². The third kappa shape index (κ3) is 3.75. The number of aryl methyl sites for hydroxylation is 2. The molecule has 4 atom stereocenters. The fourth-order valence-corrected chi connectivity index (χ4v) is 3.06. The van der Waals surface area contributed by atoms with Crippen molar-refractivity contribution in [3.63, 3.8) is 0 Å². The fraction of sp³-hybridized carbons (Fsp3) is 0.389. The minimum atomic E-state index is -1.41. The molecule has 1 aromatic heterocycles. The number of anilines is 1. The van der Waals surface area contributed by atoms with Gasteiger partial charge in [0.05, 0.1) is 12.3 Å². The molecule has 144 valence electrons. The highest BCUT2D eigenvalue weighted by Crippen LogP contribution is 2.28. The van der Waals surface area contributed by atoms with Crippen molar-refractivity contribution in [2.75, 3.05) is 5.32 Å². The van der Waals surface area contributed by atoms with E-state index in [0.717, 1.165) is 21.9 Å².